The van der Waals surface area contributed by atoms with Crippen LogP contribution in [-0.4, -0.2) is 55.7 Å². The lowest BCUT2D eigenvalue weighted by Crippen LogP contribution is -2.27. The quantitative estimate of drug-likeness (QED) is 0.517. The van der Waals surface area contributed by atoms with Crippen molar-refractivity contribution < 1.29 is 9.59 Å². The Morgan fingerprint density at radius 2 is 1.30 bits per heavy atom. The van der Waals surface area contributed by atoms with Gasteiger partial charge in [-0.2, -0.15) is 0 Å². The zero-order valence-electron chi connectivity index (χ0n) is 13.8. The molecule has 0 fully saturated rings. The van der Waals surface area contributed by atoms with Crippen molar-refractivity contribution in [2.24, 2.45) is 0 Å². The molecule has 4 nitrogen and oxygen atoms in total. The molecule has 0 rings (SSSR count). The molecule has 0 aromatic rings. The minimum atomic E-state index is 0.210. The topological polar surface area (TPSA) is 40.6 Å². The lowest BCUT2D eigenvalue weighted by molar-refractivity contribution is -0.130. The third-order valence-corrected chi connectivity index (χ3v) is 3.44. The third-order valence-electron chi connectivity index (χ3n) is 3.44. The number of ketones is 1. The van der Waals surface area contributed by atoms with Crippen molar-refractivity contribution in [2.75, 3.05) is 34.2 Å². The Labute approximate surface area is 124 Å². The summed E-state index contributed by atoms with van der Waals surface area (Å²) in [6.45, 7) is 3.60. The molecule has 0 aliphatic rings. The second kappa shape index (κ2) is 11.9. The van der Waals surface area contributed by atoms with E-state index in [2.05, 4.69) is 19.0 Å². The molecule has 1 amide bonds. The molecule has 0 radical (unpaired) electrons. The zero-order chi connectivity index (χ0) is 15.4. The monoisotopic (exact) mass is 284 g/mol. The highest BCUT2D eigenvalue weighted by Crippen LogP contribution is 2.06. The number of amides is 1. The van der Waals surface area contributed by atoms with E-state index in [1.54, 1.807) is 6.92 Å². The first kappa shape index (κ1) is 19.1. The van der Waals surface area contributed by atoms with E-state index < -0.39 is 0 Å². The number of hydrogen-bond acceptors (Lipinski definition) is 3. The summed E-state index contributed by atoms with van der Waals surface area (Å²) in [5, 5.41) is 0. The first-order chi connectivity index (χ1) is 9.43. The van der Waals surface area contributed by atoms with Crippen molar-refractivity contribution in [2.45, 2.75) is 58.3 Å². The van der Waals surface area contributed by atoms with Gasteiger partial charge in [-0.25, -0.2) is 0 Å². The third kappa shape index (κ3) is 12.2. The maximum absolute atomic E-state index is 11.8. The number of Topliss-reactive ketones (excluding diaryl/α,β-unsaturated/α-hetero) is 1. The Balaban J connectivity index is 3.48. The number of rotatable bonds is 12. The van der Waals surface area contributed by atoms with Gasteiger partial charge in [-0.05, 0) is 53.2 Å². The average Bonchev–Trinajstić information content (AvgIpc) is 2.37. The Morgan fingerprint density at radius 3 is 1.85 bits per heavy atom. The molecule has 0 N–H and O–H groups in total. The first-order valence-corrected chi connectivity index (χ1v) is 7.81. The number of carbonyl (C=O) groups excluding carboxylic acids is 2. The van der Waals surface area contributed by atoms with Crippen LogP contribution in [0.2, 0.25) is 0 Å². The van der Waals surface area contributed by atoms with Crippen molar-refractivity contribution in [1.82, 2.24) is 9.80 Å². The fourth-order valence-corrected chi connectivity index (χ4v) is 2.10. The van der Waals surface area contributed by atoms with Gasteiger partial charge in [0.05, 0.1) is 0 Å². The highest BCUT2D eigenvalue weighted by molar-refractivity contribution is 5.76. The summed E-state index contributed by atoms with van der Waals surface area (Å²) in [6.07, 6.45) is 7.58. The van der Waals surface area contributed by atoms with Crippen molar-refractivity contribution >= 4 is 11.7 Å². The second-order valence-electron chi connectivity index (χ2n) is 5.94. The molecule has 0 saturated carbocycles. The van der Waals surface area contributed by atoms with Crippen LogP contribution in [0.4, 0.5) is 0 Å². The highest BCUT2D eigenvalue weighted by Gasteiger charge is 2.07. The predicted octanol–water partition coefficient (Wildman–Crippen LogP) is 2.72. The number of unbranched alkanes of at least 4 members (excludes halogenated alkanes) is 4. The molecule has 0 saturated heterocycles. The summed E-state index contributed by atoms with van der Waals surface area (Å²) >= 11 is 0. The average molecular weight is 284 g/mol. The van der Waals surface area contributed by atoms with Crippen molar-refractivity contribution in [3.8, 4) is 0 Å². The first-order valence-electron chi connectivity index (χ1n) is 7.81. The second-order valence-corrected chi connectivity index (χ2v) is 5.94. The van der Waals surface area contributed by atoms with Gasteiger partial charge in [0.25, 0.3) is 0 Å². The SMILES string of the molecule is CC(=O)CCCCC(=O)N(C)CCCCCCN(C)C. The van der Waals surface area contributed by atoms with Gasteiger partial charge in [0, 0.05) is 26.4 Å². The van der Waals surface area contributed by atoms with Crippen molar-refractivity contribution in [3.63, 3.8) is 0 Å². The number of hydrogen-bond donors (Lipinski definition) is 0. The minimum Gasteiger partial charge on any atom is -0.346 e. The molecule has 20 heavy (non-hydrogen) atoms. The van der Waals surface area contributed by atoms with Gasteiger partial charge in [-0.1, -0.05) is 12.8 Å². The molecule has 0 bridgehead atoms. The lowest BCUT2D eigenvalue weighted by Gasteiger charge is -2.17. The maximum Gasteiger partial charge on any atom is 0.222 e. The number of nitrogens with zero attached hydrogens (tertiary/aromatic N) is 2. The Morgan fingerprint density at radius 1 is 0.750 bits per heavy atom. The van der Waals surface area contributed by atoms with E-state index in [4.69, 9.17) is 0 Å². The van der Waals surface area contributed by atoms with E-state index in [1.165, 1.54) is 19.3 Å². The van der Waals surface area contributed by atoms with Crippen LogP contribution in [0, 0.1) is 0 Å². The van der Waals surface area contributed by atoms with E-state index in [-0.39, 0.29) is 11.7 Å². The summed E-state index contributed by atoms with van der Waals surface area (Å²) in [5.41, 5.74) is 0. The molecule has 0 unspecified atom stereocenters. The van der Waals surface area contributed by atoms with E-state index in [0.717, 1.165) is 32.4 Å². The molecule has 0 aromatic heterocycles. The van der Waals surface area contributed by atoms with Gasteiger partial charge in [-0.15, -0.1) is 0 Å². The van der Waals surface area contributed by atoms with Crippen LogP contribution in [0.3, 0.4) is 0 Å². The Hall–Kier alpha value is -0.900. The van der Waals surface area contributed by atoms with Gasteiger partial charge < -0.3 is 14.6 Å². The molecule has 4 heteroatoms. The Bertz CT molecular complexity index is 278. The zero-order valence-corrected chi connectivity index (χ0v) is 13.8. The summed E-state index contributed by atoms with van der Waals surface area (Å²) in [6, 6.07) is 0. The summed E-state index contributed by atoms with van der Waals surface area (Å²) in [5.74, 6) is 0.422. The van der Waals surface area contributed by atoms with E-state index >= 15 is 0 Å². The van der Waals surface area contributed by atoms with Crippen LogP contribution in [0.25, 0.3) is 0 Å². The maximum atomic E-state index is 11.8. The summed E-state index contributed by atoms with van der Waals surface area (Å²) in [4.78, 5) is 26.7. The minimum absolute atomic E-state index is 0.210. The van der Waals surface area contributed by atoms with E-state index in [1.807, 2.05) is 11.9 Å². The fraction of sp³-hybridized carbons (Fsp3) is 0.875. The highest BCUT2D eigenvalue weighted by atomic mass is 16.2. The van der Waals surface area contributed by atoms with Gasteiger partial charge in [0.2, 0.25) is 5.91 Å². The molecule has 0 spiro atoms. The van der Waals surface area contributed by atoms with Crippen molar-refractivity contribution in [1.29, 1.82) is 0 Å². The summed E-state index contributed by atoms with van der Waals surface area (Å²) < 4.78 is 0. The molecular formula is C16H32N2O2. The molecule has 118 valence electrons. The van der Waals surface area contributed by atoms with Crippen LogP contribution in [0.5, 0.6) is 0 Å². The fourth-order valence-electron chi connectivity index (χ4n) is 2.10. The molecule has 0 aliphatic carbocycles. The number of carbonyl (C=O) groups is 2. The standard InChI is InChI=1S/C16H32N2O2/c1-15(19)11-7-8-12-16(20)18(4)14-10-6-5-9-13-17(2)3/h5-14H2,1-4H3. The predicted molar refractivity (Wildman–Crippen MR) is 83.8 cm³/mol. The Kier molecular flexibility index (Phi) is 11.4. The molecule has 0 aromatic carbocycles. The van der Waals surface area contributed by atoms with Gasteiger partial charge in [0.15, 0.2) is 0 Å². The van der Waals surface area contributed by atoms with Crippen LogP contribution in [0.15, 0.2) is 0 Å². The van der Waals surface area contributed by atoms with Crippen molar-refractivity contribution in [3.05, 3.63) is 0 Å². The smallest absolute Gasteiger partial charge is 0.222 e. The van der Waals surface area contributed by atoms with Gasteiger partial charge >= 0.3 is 0 Å². The van der Waals surface area contributed by atoms with Crippen LogP contribution >= 0.6 is 0 Å². The lowest BCUT2D eigenvalue weighted by atomic mass is 10.1. The normalized spacial score (nSPS) is 10.8. The molecular weight excluding hydrogens is 252 g/mol. The van der Waals surface area contributed by atoms with Crippen LogP contribution in [0.1, 0.15) is 58.3 Å². The van der Waals surface area contributed by atoms with Gasteiger partial charge in [-0.3, -0.25) is 4.79 Å². The van der Waals surface area contributed by atoms with Crippen LogP contribution in [-0.2, 0) is 9.59 Å². The molecule has 0 heterocycles. The van der Waals surface area contributed by atoms with E-state index in [9.17, 15) is 9.59 Å². The largest absolute Gasteiger partial charge is 0.346 e. The molecule has 0 atom stereocenters. The van der Waals surface area contributed by atoms with Crippen LogP contribution < -0.4 is 0 Å². The van der Waals surface area contributed by atoms with E-state index in [0.29, 0.717) is 12.8 Å². The summed E-state index contributed by atoms with van der Waals surface area (Å²) in [7, 11) is 6.07. The molecule has 0 aliphatic heterocycles. The van der Waals surface area contributed by atoms with Gasteiger partial charge in [0.1, 0.15) is 5.78 Å².